The van der Waals surface area contributed by atoms with E-state index in [9.17, 15) is 4.79 Å². The largest absolute Gasteiger partial charge is 0.478 e. The van der Waals surface area contributed by atoms with Crippen molar-refractivity contribution in [1.29, 1.82) is 0 Å². The molecule has 106 valence electrons. The van der Waals surface area contributed by atoms with Gasteiger partial charge in [0.2, 0.25) is 0 Å². The molecule has 0 aliphatic heterocycles. The Kier molecular flexibility index (Phi) is 4.83. The summed E-state index contributed by atoms with van der Waals surface area (Å²) in [6.45, 7) is 4.22. The number of halogens is 1. The van der Waals surface area contributed by atoms with Crippen LogP contribution in [0.5, 0.6) is 0 Å². The van der Waals surface area contributed by atoms with Gasteiger partial charge in [-0.15, -0.1) is 11.3 Å². The second kappa shape index (κ2) is 6.41. The Morgan fingerprint density at radius 3 is 2.70 bits per heavy atom. The molecule has 5 heteroatoms. The van der Waals surface area contributed by atoms with Crippen LogP contribution in [0.2, 0.25) is 0 Å². The van der Waals surface area contributed by atoms with Crippen LogP contribution in [-0.4, -0.2) is 17.1 Å². The Morgan fingerprint density at radius 2 is 2.15 bits per heavy atom. The Hall–Kier alpha value is -1.33. The highest BCUT2D eigenvalue weighted by atomic mass is 79.9. The molecule has 0 spiro atoms. The number of anilines is 1. The molecule has 0 amide bonds. The lowest BCUT2D eigenvalue weighted by Crippen LogP contribution is -2.17. The molecular formula is C15H16BrNO2S. The highest BCUT2D eigenvalue weighted by Crippen LogP contribution is 2.23. The molecule has 0 aliphatic carbocycles. The molecule has 0 radical (unpaired) electrons. The number of carboxylic acid groups (broad SMARTS) is 1. The Morgan fingerprint density at radius 1 is 1.40 bits per heavy atom. The molecule has 1 atom stereocenters. The number of thiophene rings is 1. The van der Waals surface area contributed by atoms with E-state index in [0.717, 1.165) is 12.1 Å². The summed E-state index contributed by atoms with van der Waals surface area (Å²) < 4.78 is 0.592. The van der Waals surface area contributed by atoms with Gasteiger partial charge in [0.15, 0.2) is 0 Å². The summed E-state index contributed by atoms with van der Waals surface area (Å²) in [5.41, 5.74) is 1.19. The molecule has 2 N–H and O–H groups in total. The fraction of sp³-hybridized carbons (Fsp3) is 0.267. The minimum Gasteiger partial charge on any atom is -0.478 e. The molecule has 0 aliphatic rings. The maximum atomic E-state index is 10.9. The third-order valence-electron chi connectivity index (χ3n) is 2.92. The van der Waals surface area contributed by atoms with Crippen molar-refractivity contribution in [1.82, 2.24) is 0 Å². The molecule has 1 heterocycles. The van der Waals surface area contributed by atoms with Gasteiger partial charge in [0.1, 0.15) is 0 Å². The molecule has 1 aromatic carbocycles. The van der Waals surface area contributed by atoms with Crippen molar-refractivity contribution in [3.8, 4) is 0 Å². The van der Waals surface area contributed by atoms with Crippen molar-refractivity contribution in [2.24, 2.45) is 0 Å². The van der Waals surface area contributed by atoms with Gasteiger partial charge in [-0.25, -0.2) is 4.79 Å². The van der Waals surface area contributed by atoms with Crippen LogP contribution in [0.15, 0.2) is 34.8 Å². The second-order valence-electron chi connectivity index (χ2n) is 4.76. The maximum Gasteiger partial charge on any atom is 0.336 e. The number of aromatic carboxylic acids is 1. The van der Waals surface area contributed by atoms with Crippen LogP contribution < -0.4 is 5.32 Å². The molecule has 0 saturated heterocycles. The van der Waals surface area contributed by atoms with Crippen molar-refractivity contribution in [3.63, 3.8) is 0 Å². The number of rotatable bonds is 5. The van der Waals surface area contributed by atoms with E-state index in [1.165, 1.54) is 9.75 Å². The van der Waals surface area contributed by atoms with Gasteiger partial charge in [0, 0.05) is 32.4 Å². The molecule has 2 rings (SSSR count). The lowest BCUT2D eigenvalue weighted by Gasteiger charge is -2.15. The SMILES string of the molecule is Cc1ccc(CC(C)Nc2ccc(C(=O)O)c(Br)c2)s1. The highest BCUT2D eigenvalue weighted by Gasteiger charge is 2.10. The van der Waals surface area contributed by atoms with Crippen LogP contribution in [0.25, 0.3) is 0 Å². The van der Waals surface area contributed by atoms with Crippen LogP contribution in [-0.2, 0) is 6.42 Å². The summed E-state index contributed by atoms with van der Waals surface area (Å²) >= 11 is 5.10. The summed E-state index contributed by atoms with van der Waals surface area (Å²) in [6, 6.07) is 9.78. The van der Waals surface area contributed by atoms with Crippen molar-refractivity contribution < 1.29 is 9.90 Å². The number of hydrogen-bond donors (Lipinski definition) is 2. The monoisotopic (exact) mass is 353 g/mol. The quantitative estimate of drug-likeness (QED) is 0.828. The summed E-state index contributed by atoms with van der Waals surface area (Å²) in [7, 11) is 0. The van der Waals surface area contributed by atoms with Gasteiger partial charge in [-0.05, 0) is 60.1 Å². The highest BCUT2D eigenvalue weighted by molar-refractivity contribution is 9.10. The molecule has 20 heavy (non-hydrogen) atoms. The standard InChI is InChI=1S/C15H16BrNO2S/c1-9(7-12-5-3-10(2)20-12)17-11-4-6-13(15(18)19)14(16)8-11/h3-6,8-9,17H,7H2,1-2H3,(H,18,19). The number of carboxylic acids is 1. The lowest BCUT2D eigenvalue weighted by atomic mass is 10.1. The number of benzene rings is 1. The number of aryl methyl sites for hydroxylation is 1. The van der Waals surface area contributed by atoms with E-state index in [4.69, 9.17) is 5.11 Å². The third kappa shape index (κ3) is 3.84. The predicted octanol–water partition coefficient (Wildman–Crippen LogP) is 4.56. The number of hydrogen-bond acceptors (Lipinski definition) is 3. The zero-order valence-corrected chi connectivity index (χ0v) is 13.7. The molecule has 0 bridgehead atoms. The van der Waals surface area contributed by atoms with E-state index in [-0.39, 0.29) is 11.6 Å². The Balaban J connectivity index is 2.02. The van der Waals surface area contributed by atoms with E-state index < -0.39 is 5.97 Å². The molecular weight excluding hydrogens is 338 g/mol. The van der Waals surface area contributed by atoms with Gasteiger partial charge in [-0.2, -0.15) is 0 Å². The van der Waals surface area contributed by atoms with Gasteiger partial charge >= 0.3 is 5.97 Å². The fourth-order valence-corrected chi connectivity index (χ4v) is 3.58. The fourth-order valence-electron chi connectivity index (χ4n) is 2.01. The van der Waals surface area contributed by atoms with Crippen LogP contribution in [0.1, 0.15) is 27.0 Å². The number of nitrogens with one attached hydrogen (secondary N) is 1. The Labute approximate surface area is 130 Å². The summed E-state index contributed by atoms with van der Waals surface area (Å²) in [5, 5.41) is 12.4. The van der Waals surface area contributed by atoms with Crippen LogP contribution in [0, 0.1) is 6.92 Å². The zero-order valence-electron chi connectivity index (χ0n) is 11.3. The summed E-state index contributed by atoms with van der Waals surface area (Å²) in [5.74, 6) is -0.925. The van der Waals surface area contributed by atoms with E-state index in [0.29, 0.717) is 4.47 Å². The maximum absolute atomic E-state index is 10.9. The van der Waals surface area contributed by atoms with E-state index >= 15 is 0 Å². The van der Waals surface area contributed by atoms with Gasteiger partial charge in [-0.1, -0.05) is 0 Å². The normalized spacial score (nSPS) is 12.2. The van der Waals surface area contributed by atoms with Gasteiger partial charge < -0.3 is 10.4 Å². The van der Waals surface area contributed by atoms with Gasteiger partial charge in [-0.3, -0.25) is 0 Å². The second-order valence-corrected chi connectivity index (χ2v) is 6.99. The average Bonchev–Trinajstić information content (AvgIpc) is 2.74. The first kappa shape index (κ1) is 15.1. The molecule has 1 aromatic heterocycles. The minimum absolute atomic E-state index is 0.275. The zero-order chi connectivity index (χ0) is 14.7. The molecule has 2 aromatic rings. The van der Waals surface area contributed by atoms with Gasteiger partial charge in [0.05, 0.1) is 5.56 Å². The van der Waals surface area contributed by atoms with E-state index in [1.54, 1.807) is 18.2 Å². The first-order valence-corrected chi connectivity index (χ1v) is 7.91. The van der Waals surface area contributed by atoms with Crippen molar-refractivity contribution in [3.05, 3.63) is 50.1 Å². The minimum atomic E-state index is -0.925. The Bertz CT molecular complexity index is 624. The molecule has 3 nitrogen and oxygen atoms in total. The number of carbonyl (C=O) groups is 1. The van der Waals surface area contributed by atoms with Gasteiger partial charge in [0.25, 0.3) is 0 Å². The predicted molar refractivity (Wildman–Crippen MR) is 86.9 cm³/mol. The first-order valence-electron chi connectivity index (χ1n) is 6.30. The van der Waals surface area contributed by atoms with Crippen LogP contribution in [0.4, 0.5) is 5.69 Å². The third-order valence-corrected chi connectivity index (χ3v) is 4.60. The van der Waals surface area contributed by atoms with Crippen LogP contribution in [0.3, 0.4) is 0 Å². The average molecular weight is 354 g/mol. The van der Waals surface area contributed by atoms with Crippen molar-refractivity contribution in [2.75, 3.05) is 5.32 Å². The first-order chi connectivity index (χ1) is 9.45. The summed E-state index contributed by atoms with van der Waals surface area (Å²) in [4.78, 5) is 13.6. The smallest absolute Gasteiger partial charge is 0.336 e. The molecule has 0 fully saturated rings. The van der Waals surface area contributed by atoms with E-state index in [2.05, 4.69) is 47.2 Å². The van der Waals surface area contributed by atoms with Crippen molar-refractivity contribution >= 4 is 38.9 Å². The van der Waals surface area contributed by atoms with Crippen molar-refractivity contribution in [2.45, 2.75) is 26.3 Å². The molecule has 1 unspecified atom stereocenters. The summed E-state index contributed by atoms with van der Waals surface area (Å²) in [6.07, 6.45) is 0.955. The molecule has 0 saturated carbocycles. The lowest BCUT2D eigenvalue weighted by molar-refractivity contribution is 0.0696. The van der Waals surface area contributed by atoms with E-state index in [1.807, 2.05) is 11.3 Å². The topological polar surface area (TPSA) is 49.3 Å². The van der Waals surface area contributed by atoms with Crippen LogP contribution >= 0.6 is 27.3 Å².